The van der Waals surface area contributed by atoms with E-state index in [1.807, 2.05) is 55.5 Å². The molecule has 6 heteroatoms. The van der Waals surface area contributed by atoms with E-state index in [0.717, 1.165) is 29.3 Å². The summed E-state index contributed by atoms with van der Waals surface area (Å²) >= 11 is 0. The third kappa shape index (κ3) is 6.67. The summed E-state index contributed by atoms with van der Waals surface area (Å²) in [7, 11) is 3.25. The molecule has 0 aliphatic rings. The van der Waals surface area contributed by atoms with Crippen LogP contribution in [0.1, 0.15) is 17.3 Å². The molecule has 0 atom stereocenters. The van der Waals surface area contributed by atoms with E-state index in [-0.39, 0.29) is 0 Å². The van der Waals surface area contributed by atoms with Crippen molar-refractivity contribution in [2.45, 2.75) is 6.92 Å². The third-order valence-corrected chi connectivity index (χ3v) is 4.90. The highest BCUT2D eigenvalue weighted by molar-refractivity contribution is 5.74. The van der Waals surface area contributed by atoms with E-state index < -0.39 is 5.41 Å². The molecule has 6 nitrogen and oxygen atoms in total. The van der Waals surface area contributed by atoms with E-state index in [2.05, 4.69) is 0 Å². The van der Waals surface area contributed by atoms with Gasteiger partial charge in [0.2, 0.25) is 0 Å². The lowest BCUT2D eigenvalue weighted by molar-refractivity contribution is 0.0473. The van der Waals surface area contributed by atoms with Gasteiger partial charge in [0.25, 0.3) is 0 Å². The van der Waals surface area contributed by atoms with Gasteiger partial charge in [-0.15, -0.1) is 0 Å². The van der Waals surface area contributed by atoms with Crippen molar-refractivity contribution in [2.24, 2.45) is 5.41 Å². The Labute approximate surface area is 188 Å². The Morgan fingerprint density at radius 2 is 0.906 bits per heavy atom. The Balaban J connectivity index is 1.67. The molecular formula is C26H28O6. The molecule has 0 spiro atoms. The fourth-order valence-electron chi connectivity index (χ4n) is 2.88. The summed E-state index contributed by atoms with van der Waals surface area (Å²) in [5.74, 6) is 3.68. The van der Waals surface area contributed by atoms with Gasteiger partial charge in [0.15, 0.2) is 0 Å². The number of benzene rings is 3. The number of carbonyl (C=O) groups excluding carboxylic acids is 1. The Kier molecular flexibility index (Phi) is 7.97. The third-order valence-electron chi connectivity index (χ3n) is 4.90. The molecule has 0 aliphatic heterocycles. The van der Waals surface area contributed by atoms with Crippen LogP contribution in [0.5, 0.6) is 28.7 Å². The van der Waals surface area contributed by atoms with Crippen LogP contribution in [0.25, 0.3) is 0 Å². The molecule has 0 aromatic heterocycles. The number of methoxy groups -OCH3 is 2. The van der Waals surface area contributed by atoms with E-state index in [1.165, 1.54) is 0 Å². The van der Waals surface area contributed by atoms with Crippen molar-refractivity contribution in [2.75, 3.05) is 34.0 Å². The zero-order valence-corrected chi connectivity index (χ0v) is 18.6. The number of carbonyl (C=O) groups is 1. The van der Waals surface area contributed by atoms with Crippen LogP contribution >= 0.6 is 0 Å². The van der Waals surface area contributed by atoms with Crippen LogP contribution in [0.2, 0.25) is 0 Å². The minimum atomic E-state index is -0.455. The summed E-state index contributed by atoms with van der Waals surface area (Å²) in [5.41, 5.74) is 0.147. The number of hydrogen-bond acceptors (Lipinski definition) is 6. The van der Waals surface area contributed by atoms with Gasteiger partial charge in [-0.25, -0.2) is 0 Å². The summed E-state index contributed by atoms with van der Waals surface area (Å²) in [6, 6.07) is 21.9. The highest BCUT2D eigenvalue weighted by Gasteiger charge is 2.28. The predicted octanol–water partition coefficient (Wildman–Crippen LogP) is 5.06. The monoisotopic (exact) mass is 436 g/mol. The summed E-state index contributed by atoms with van der Waals surface area (Å²) in [4.78, 5) is 10.9. The van der Waals surface area contributed by atoms with Gasteiger partial charge in [0, 0.05) is 5.56 Å². The molecule has 0 saturated heterocycles. The molecule has 0 radical (unpaired) electrons. The van der Waals surface area contributed by atoms with Gasteiger partial charge in [0.05, 0.1) is 19.6 Å². The lowest BCUT2D eigenvalue weighted by Gasteiger charge is -2.29. The first-order valence-electron chi connectivity index (χ1n) is 10.3. The van der Waals surface area contributed by atoms with Gasteiger partial charge in [-0.1, -0.05) is 0 Å². The smallest absolute Gasteiger partial charge is 0.150 e. The van der Waals surface area contributed by atoms with Crippen molar-refractivity contribution in [1.82, 2.24) is 0 Å². The molecule has 3 aromatic carbocycles. The number of rotatable bonds is 12. The zero-order chi connectivity index (χ0) is 22.8. The quantitative estimate of drug-likeness (QED) is 0.370. The standard InChI is InChI=1S/C26H28O6/c1-26(17-30-23-6-4-20(16-27)5-7-23,18-31-24-12-8-21(28-2)9-13-24)19-32-25-14-10-22(29-3)11-15-25/h4-16H,17-19H2,1-3H3. The number of ether oxygens (including phenoxy) is 5. The first-order valence-corrected chi connectivity index (χ1v) is 10.3. The summed E-state index contributed by atoms with van der Waals surface area (Å²) in [5, 5.41) is 0. The molecular weight excluding hydrogens is 408 g/mol. The second-order valence-electron chi connectivity index (χ2n) is 7.71. The topological polar surface area (TPSA) is 63.2 Å². The highest BCUT2D eigenvalue weighted by Crippen LogP contribution is 2.26. The largest absolute Gasteiger partial charge is 0.497 e. The van der Waals surface area contributed by atoms with Crippen LogP contribution in [-0.2, 0) is 0 Å². The van der Waals surface area contributed by atoms with Crippen LogP contribution in [0.4, 0.5) is 0 Å². The molecule has 32 heavy (non-hydrogen) atoms. The van der Waals surface area contributed by atoms with Gasteiger partial charge < -0.3 is 23.7 Å². The Hall–Kier alpha value is -3.67. The molecule has 0 amide bonds. The Morgan fingerprint density at radius 3 is 1.22 bits per heavy atom. The molecule has 3 aromatic rings. The fourth-order valence-corrected chi connectivity index (χ4v) is 2.88. The van der Waals surface area contributed by atoms with E-state index in [1.54, 1.807) is 38.5 Å². The lowest BCUT2D eigenvalue weighted by atomic mass is 9.94. The normalized spacial score (nSPS) is 10.8. The molecule has 0 heterocycles. The van der Waals surface area contributed by atoms with Crippen molar-refractivity contribution in [3.63, 3.8) is 0 Å². The zero-order valence-electron chi connectivity index (χ0n) is 18.6. The van der Waals surface area contributed by atoms with E-state index in [0.29, 0.717) is 31.1 Å². The maximum absolute atomic E-state index is 10.9. The fraction of sp³-hybridized carbons (Fsp3) is 0.269. The number of aldehydes is 1. The van der Waals surface area contributed by atoms with Crippen LogP contribution in [0, 0.1) is 5.41 Å². The van der Waals surface area contributed by atoms with Crippen LogP contribution in [0.15, 0.2) is 72.8 Å². The predicted molar refractivity (Wildman–Crippen MR) is 122 cm³/mol. The molecule has 0 aliphatic carbocycles. The summed E-state index contributed by atoms with van der Waals surface area (Å²) in [6.45, 7) is 3.16. The van der Waals surface area contributed by atoms with Crippen molar-refractivity contribution in [3.8, 4) is 28.7 Å². The highest BCUT2D eigenvalue weighted by atomic mass is 16.5. The molecule has 0 saturated carbocycles. The molecule has 0 fully saturated rings. The minimum absolute atomic E-state index is 0.361. The average molecular weight is 437 g/mol. The van der Waals surface area contributed by atoms with Gasteiger partial charge in [-0.05, 0) is 79.7 Å². The van der Waals surface area contributed by atoms with Gasteiger partial charge in [0.1, 0.15) is 54.9 Å². The van der Waals surface area contributed by atoms with Crippen molar-refractivity contribution < 1.29 is 28.5 Å². The second-order valence-corrected chi connectivity index (χ2v) is 7.71. The summed E-state index contributed by atoms with van der Waals surface area (Å²) < 4.78 is 28.5. The molecule has 168 valence electrons. The van der Waals surface area contributed by atoms with E-state index in [4.69, 9.17) is 23.7 Å². The SMILES string of the molecule is COc1ccc(OCC(C)(COc2ccc(C=O)cc2)COc2ccc(OC)cc2)cc1. The van der Waals surface area contributed by atoms with Crippen molar-refractivity contribution in [1.29, 1.82) is 0 Å². The Bertz CT molecular complexity index is 913. The van der Waals surface area contributed by atoms with Gasteiger partial charge >= 0.3 is 0 Å². The summed E-state index contributed by atoms with van der Waals surface area (Å²) in [6.07, 6.45) is 0.805. The first kappa shape index (κ1) is 23.0. The van der Waals surface area contributed by atoms with Crippen molar-refractivity contribution >= 4 is 6.29 Å². The van der Waals surface area contributed by atoms with Gasteiger partial charge in [-0.2, -0.15) is 0 Å². The molecule has 0 unspecified atom stereocenters. The molecule has 0 bridgehead atoms. The Morgan fingerprint density at radius 1 is 0.594 bits per heavy atom. The minimum Gasteiger partial charge on any atom is -0.497 e. The average Bonchev–Trinajstić information content (AvgIpc) is 2.86. The van der Waals surface area contributed by atoms with Gasteiger partial charge in [-0.3, -0.25) is 4.79 Å². The second kappa shape index (κ2) is 11.1. The maximum Gasteiger partial charge on any atom is 0.150 e. The molecule has 3 rings (SSSR count). The van der Waals surface area contributed by atoms with E-state index in [9.17, 15) is 4.79 Å². The first-order chi connectivity index (χ1) is 15.5. The number of hydrogen-bond donors (Lipinski definition) is 0. The maximum atomic E-state index is 10.9. The molecule has 0 N–H and O–H groups in total. The van der Waals surface area contributed by atoms with Crippen molar-refractivity contribution in [3.05, 3.63) is 78.4 Å². The van der Waals surface area contributed by atoms with Crippen LogP contribution in [-0.4, -0.2) is 40.3 Å². The van der Waals surface area contributed by atoms with Crippen LogP contribution in [0.3, 0.4) is 0 Å². The lowest BCUT2D eigenvalue weighted by Crippen LogP contribution is -2.37. The van der Waals surface area contributed by atoms with Crippen LogP contribution < -0.4 is 23.7 Å². The van der Waals surface area contributed by atoms with E-state index >= 15 is 0 Å².